The molecule has 1 amide bonds. The summed E-state index contributed by atoms with van der Waals surface area (Å²) in [4.78, 5) is 15.6. The van der Waals surface area contributed by atoms with E-state index in [1.54, 1.807) is 6.20 Å². The van der Waals surface area contributed by atoms with Crippen molar-refractivity contribution in [1.82, 2.24) is 10.3 Å². The molecule has 0 radical (unpaired) electrons. The molecule has 0 spiro atoms. The zero-order valence-electron chi connectivity index (χ0n) is 11.5. The molecule has 3 N–H and O–H groups in total. The average Bonchev–Trinajstić information content (AvgIpc) is 2.47. The zero-order valence-corrected chi connectivity index (χ0v) is 11.5. The van der Waals surface area contributed by atoms with Crippen molar-refractivity contribution in [1.29, 1.82) is 0 Å². The van der Waals surface area contributed by atoms with Crippen molar-refractivity contribution in [3.8, 4) is 5.75 Å². The number of carbonyl (C=O) groups excluding carboxylic acids is 1. The van der Waals surface area contributed by atoms with Gasteiger partial charge in [0.25, 0.3) is 0 Å². The molecule has 0 aliphatic carbocycles. The van der Waals surface area contributed by atoms with Crippen LogP contribution >= 0.6 is 0 Å². The zero-order chi connectivity index (χ0) is 14.4. The van der Waals surface area contributed by atoms with Gasteiger partial charge in [-0.2, -0.15) is 0 Å². The smallest absolute Gasteiger partial charge is 0.238 e. The van der Waals surface area contributed by atoms with Gasteiger partial charge in [-0.05, 0) is 37.2 Å². The molecular formula is C15H19N3O2. The number of hydrogen-bond acceptors (Lipinski definition) is 4. The molecule has 0 fully saturated rings. The Morgan fingerprint density at radius 1 is 1.40 bits per heavy atom. The second-order valence-electron chi connectivity index (χ2n) is 4.55. The molecule has 0 aliphatic heterocycles. The number of carbonyl (C=O) groups is 1. The molecule has 0 bridgehead atoms. The third-order valence-electron chi connectivity index (χ3n) is 3.00. The summed E-state index contributed by atoms with van der Waals surface area (Å²) in [5, 5.41) is 4.00. The molecule has 2 aromatic rings. The highest BCUT2D eigenvalue weighted by Gasteiger charge is 2.15. The summed E-state index contributed by atoms with van der Waals surface area (Å²) < 4.78 is 5.74. The standard InChI is InChI=1S/C15H19N3O2/c1-2-8-17-13(15(16)19)10-20-14-7-3-6-12-11(14)5-4-9-18-12/h3-7,9,13,17H,2,8,10H2,1H3,(H2,16,19). The average molecular weight is 273 g/mol. The van der Waals surface area contributed by atoms with Crippen LogP contribution in [0.5, 0.6) is 5.75 Å². The summed E-state index contributed by atoms with van der Waals surface area (Å²) in [6.45, 7) is 2.97. The van der Waals surface area contributed by atoms with Crippen LogP contribution in [0.15, 0.2) is 36.5 Å². The van der Waals surface area contributed by atoms with Crippen molar-refractivity contribution in [2.45, 2.75) is 19.4 Å². The fourth-order valence-corrected chi connectivity index (χ4v) is 1.93. The Morgan fingerprint density at radius 3 is 3.00 bits per heavy atom. The molecule has 0 saturated heterocycles. The van der Waals surface area contributed by atoms with Crippen LogP contribution in [0.2, 0.25) is 0 Å². The van der Waals surface area contributed by atoms with Gasteiger partial charge < -0.3 is 15.8 Å². The minimum Gasteiger partial charge on any atom is -0.491 e. The number of pyridine rings is 1. The number of hydrogen-bond donors (Lipinski definition) is 2. The Kier molecular flexibility index (Phi) is 4.90. The third-order valence-corrected chi connectivity index (χ3v) is 3.00. The monoisotopic (exact) mass is 273 g/mol. The lowest BCUT2D eigenvalue weighted by Gasteiger charge is -2.16. The van der Waals surface area contributed by atoms with E-state index in [1.165, 1.54) is 0 Å². The van der Waals surface area contributed by atoms with Crippen molar-refractivity contribution in [2.24, 2.45) is 5.73 Å². The third kappa shape index (κ3) is 3.45. The molecule has 2 rings (SSSR count). The molecule has 106 valence electrons. The van der Waals surface area contributed by atoms with E-state index in [4.69, 9.17) is 10.5 Å². The van der Waals surface area contributed by atoms with Crippen LogP contribution in [0.1, 0.15) is 13.3 Å². The van der Waals surface area contributed by atoms with E-state index in [2.05, 4.69) is 10.3 Å². The van der Waals surface area contributed by atoms with Gasteiger partial charge in [-0.25, -0.2) is 0 Å². The first-order chi connectivity index (χ1) is 9.72. The van der Waals surface area contributed by atoms with Gasteiger partial charge in [-0.15, -0.1) is 0 Å². The molecule has 5 heteroatoms. The van der Waals surface area contributed by atoms with E-state index in [1.807, 2.05) is 37.3 Å². The Bertz CT molecular complexity index is 581. The number of amides is 1. The van der Waals surface area contributed by atoms with Crippen LogP contribution in [0.3, 0.4) is 0 Å². The van der Waals surface area contributed by atoms with Crippen LogP contribution in [-0.4, -0.2) is 30.1 Å². The van der Waals surface area contributed by atoms with Gasteiger partial charge in [0.15, 0.2) is 0 Å². The van der Waals surface area contributed by atoms with Gasteiger partial charge in [-0.3, -0.25) is 9.78 Å². The fraction of sp³-hybridized carbons (Fsp3) is 0.333. The second kappa shape index (κ2) is 6.86. The number of rotatable bonds is 7. The van der Waals surface area contributed by atoms with Crippen LogP contribution in [0, 0.1) is 0 Å². The van der Waals surface area contributed by atoms with E-state index < -0.39 is 11.9 Å². The summed E-state index contributed by atoms with van der Waals surface area (Å²) in [6, 6.07) is 8.97. The van der Waals surface area contributed by atoms with Crippen molar-refractivity contribution in [3.05, 3.63) is 36.5 Å². The number of aromatic nitrogens is 1. The van der Waals surface area contributed by atoms with Crippen molar-refractivity contribution < 1.29 is 9.53 Å². The Hall–Kier alpha value is -2.14. The Morgan fingerprint density at radius 2 is 2.25 bits per heavy atom. The molecule has 5 nitrogen and oxygen atoms in total. The molecular weight excluding hydrogens is 254 g/mol. The number of nitrogens with zero attached hydrogens (tertiary/aromatic N) is 1. The number of primary amides is 1. The van der Waals surface area contributed by atoms with E-state index in [0.717, 1.165) is 23.9 Å². The predicted octanol–water partition coefficient (Wildman–Crippen LogP) is 1.47. The topological polar surface area (TPSA) is 77.2 Å². The van der Waals surface area contributed by atoms with Gasteiger partial charge in [0, 0.05) is 11.6 Å². The lowest BCUT2D eigenvalue weighted by molar-refractivity contribution is -0.120. The first-order valence-corrected chi connectivity index (χ1v) is 6.71. The number of nitrogens with two attached hydrogens (primary N) is 1. The lowest BCUT2D eigenvalue weighted by Crippen LogP contribution is -2.45. The molecule has 1 unspecified atom stereocenters. The summed E-state index contributed by atoms with van der Waals surface area (Å²) in [7, 11) is 0. The van der Waals surface area contributed by atoms with Crippen LogP contribution in [0.25, 0.3) is 10.9 Å². The van der Waals surface area contributed by atoms with Gasteiger partial charge in [0.1, 0.15) is 18.4 Å². The fourth-order valence-electron chi connectivity index (χ4n) is 1.93. The second-order valence-corrected chi connectivity index (χ2v) is 4.55. The predicted molar refractivity (Wildman–Crippen MR) is 78.5 cm³/mol. The molecule has 1 atom stereocenters. The lowest BCUT2D eigenvalue weighted by atomic mass is 10.2. The largest absolute Gasteiger partial charge is 0.491 e. The maximum Gasteiger partial charge on any atom is 0.238 e. The quantitative estimate of drug-likeness (QED) is 0.800. The highest BCUT2D eigenvalue weighted by atomic mass is 16.5. The molecule has 1 aromatic heterocycles. The maximum absolute atomic E-state index is 11.4. The Labute approximate surface area is 118 Å². The minimum absolute atomic E-state index is 0.212. The van der Waals surface area contributed by atoms with E-state index in [9.17, 15) is 4.79 Å². The number of ether oxygens (including phenoxy) is 1. The molecule has 20 heavy (non-hydrogen) atoms. The summed E-state index contributed by atoms with van der Waals surface area (Å²) >= 11 is 0. The van der Waals surface area contributed by atoms with E-state index in [0.29, 0.717) is 5.75 Å². The number of fused-ring (bicyclic) bond motifs is 1. The van der Waals surface area contributed by atoms with Crippen LogP contribution < -0.4 is 15.8 Å². The van der Waals surface area contributed by atoms with Crippen LogP contribution in [-0.2, 0) is 4.79 Å². The summed E-state index contributed by atoms with van der Waals surface area (Å²) in [5.74, 6) is 0.303. The summed E-state index contributed by atoms with van der Waals surface area (Å²) in [5.41, 5.74) is 6.22. The molecule has 1 heterocycles. The van der Waals surface area contributed by atoms with E-state index in [-0.39, 0.29) is 6.61 Å². The first kappa shape index (κ1) is 14.3. The van der Waals surface area contributed by atoms with Crippen molar-refractivity contribution in [2.75, 3.05) is 13.2 Å². The van der Waals surface area contributed by atoms with Crippen LogP contribution in [0.4, 0.5) is 0 Å². The Balaban J connectivity index is 2.09. The highest BCUT2D eigenvalue weighted by molar-refractivity contribution is 5.85. The van der Waals surface area contributed by atoms with E-state index >= 15 is 0 Å². The van der Waals surface area contributed by atoms with Gasteiger partial charge in [0.05, 0.1) is 5.52 Å². The summed E-state index contributed by atoms with van der Waals surface area (Å²) in [6.07, 6.45) is 2.67. The maximum atomic E-state index is 11.4. The first-order valence-electron chi connectivity index (χ1n) is 6.71. The SMILES string of the molecule is CCCNC(COc1cccc2ncccc12)C(N)=O. The van der Waals surface area contributed by atoms with Crippen molar-refractivity contribution >= 4 is 16.8 Å². The molecule has 0 saturated carbocycles. The number of benzene rings is 1. The van der Waals surface area contributed by atoms with Gasteiger partial charge >= 0.3 is 0 Å². The minimum atomic E-state index is -0.484. The highest BCUT2D eigenvalue weighted by Crippen LogP contribution is 2.23. The van der Waals surface area contributed by atoms with Crippen molar-refractivity contribution in [3.63, 3.8) is 0 Å². The normalized spacial score (nSPS) is 12.2. The van der Waals surface area contributed by atoms with Gasteiger partial charge in [-0.1, -0.05) is 13.0 Å². The van der Waals surface area contributed by atoms with Gasteiger partial charge in [0.2, 0.25) is 5.91 Å². The molecule has 0 aliphatic rings. The number of nitrogens with one attached hydrogen (secondary N) is 1. The molecule has 1 aromatic carbocycles.